The van der Waals surface area contributed by atoms with Crippen molar-refractivity contribution >= 4 is 5.91 Å². The first kappa shape index (κ1) is 16.0. The van der Waals surface area contributed by atoms with Crippen molar-refractivity contribution in [2.24, 2.45) is 5.92 Å². The second kappa shape index (κ2) is 6.19. The van der Waals surface area contributed by atoms with E-state index in [1.165, 1.54) is 0 Å². The van der Waals surface area contributed by atoms with E-state index >= 15 is 0 Å². The molecule has 7 nitrogen and oxygen atoms in total. The van der Waals surface area contributed by atoms with Crippen molar-refractivity contribution in [2.45, 2.75) is 18.9 Å². The molecule has 1 amide bonds. The lowest BCUT2D eigenvalue weighted by Crippen LogP contribution is -2.49. The zero-order valence-electron chi connectivity index (χ0n) is 14.7. The van der Waals surface area contributed by atoms with Crippen LogP contribution in [0.15, 0.2) is 53.5 Å². The van der Waals surface area contributed by atoms with Gasteiger partial charge in [-0.15, -0.1) is 0 Å². The SMILES string of the molecule is O=C(c1cc(-c2ccccn2)n[nH]1)N1C[C@H]2C[C@@H](C1)c1cccc(=O)n1C2. The average molecular weight is 361 g/mol. The first-order valence-electron chi connectivity index (χ1n) is 9.15. The molecule has 3 aromatic heterocycles. The van der Waals surface area contributed by atoms with Crippen molar-refractivity contribution in [2.75, 3.05) is 13.1 Å². The lowest BCUT2D eigenvalue weighted by atomic mass is 9.83. The third kappa shape index (κ3) is 2.75. The molecule has 0 saturated carbocycles. The molecule has 0 aliphatic carbocycles. The molecule has 5 heterocycles. The van der Waals surface area contributed by atoms with Gasteiger partial charge in [0.25, 0.3) is 11.5 Å². The zero-order valence-corrected chi connectivity index (χ0v) is 14.7. The van der Waals surface area contributed by atoms with Gasteiger partial charge in [0.15, 0.2) is 0 Å². The highest BCUT2D eigenvalue weighted by Crippen LogP contribution is 2.35. The van der Waals surface area contributed by atoms with Crippen molar-refractivity contribution in [3.05, 3.63) is 70.4 Å². The fourth-order valence-corrected chi connectivity index (χ4v) is 4.31. The van der Waals surface area contributed by atoms with Gasteiger partial charge in [-0.2, -0.15) is 5.10 Å². The molecule has 1 N–H and O–H groups in total. The van der Waals surface area contributed by atoms with E-state index in [1.807, 2.05) is 39.8 Å². The Kier molecular flexibility index (Phi) is 3.67. The molecule has 2 aliphatic heterocycles. The van der Waals surface area contributed by atoms with Crippen LogP contribution in [0.5, 0.6) is 0 Å². The van der Waals surface area contributed by atoms with Gasteiger partial charge in [0, 0.05) is 43.5 Å². The molecule has 2 bridgehead atoms. The van der Waals surface area contributed by atoms with Crippen LogP contribution in [0, 0.1) is 5.92 Å². The van der Waals surface area contributed by atoms with Crippen LogP contribution in [0.1, 0.15) is 28.5 Å². The number of carbonyl (C=O) groups excluding carboxylic acids is 1. The minimum absolute atomic E-state index is 0.0499. The number of aromatic nitrogens is 4. The molecule has 3 aromatic rings. The highest BCUT2D eigenvalue weighted by molar-refractivity contribution is 5.93. The normalized spacial score (nSPS) is 21.0. The minimum Gasteiger partial charge on any atom is -0.336 e. The third-order valence-electron chi connectivity index (χ3n) is 5.50. The number of aromatic amines is 1. The largest absolute Gasteiger partial charge is 0.336 e. The van der Waals surface area contributed by atoms with E-state index in [-0.39, 0.29) is 17.4 Å². The number of nitrogens with one attached hydrogen (secondary N) is 1. The number of piperidine rings is 1. The second-order valence-electron chi connectivity index (χ2n) is 7.29. The number of hydrogen-bond acceptors (Lipinski definition) is 4. The lowest BCUT2D eigenvalue weighted by molar-refractivity contribution is 0.0588. The van der Waals surface area contributed by atoms with E-state index in [2.05, 4.69) is 15.2 Å². The summed E-state index contributed by atoms with van der Waals surface area (Å²) >= 11 is 0. The van der Waals surface area contributed by atoms with E-state index in [9.17, 15) is 9.59 Å². The molecule has 1 saturated heterocycles. The molecule has 5 rings (SSSR count). The Balaban J connectivity index is 1.40. The maximum absolute atomic E-state index is 13.0. The molecule has 2 atom stereocenters. The molecule has 27 heavy (non-hydrogen) atoms. The van der Waals surface area contributed by atoms with E-state index < -0.39 is 0 Å². The van der Waals surface area contributed by atoms with Gasteiger partial charge in [0.05, 0.1) is 5.69 Å². The van der Waals surface area contributed by atoms with Crippen molar-refractivity contribution < 1.29 is 4.79 Å². The van der Waals surface area contributed by atoms with E-state index in [1.54, 1.807) is 18.3 Å². The lowest BCUT2D eigenvalue weighted by Gasteiger charge is -2.42. The smallest absolute Gasteiger partial charge is 0.271 e. The van der Waals surface area contributed by atoms with Gasteiger partial charge in [0.1, 0.15) is 11.4 Å². The number of amides is 1. The van der Waals surface area contributed by atoms with E-state index in [0.717, 1.165) is 17.8 Å². The van der Waals surface area contributed by atoms with Gasteiger partial charge >= 0.3 is 0 Å². The van der Waals surface area contributed by atoms with E-state index in [0.29, 0.717) is 36.9 Å². The summed E-state index contributed by atoms with van der Waals surface area (Å²) < 4.78 is 1.87. The summed E-state index contributed by atoms with van der Waals surface area (Å²) in [6, 6.07) is 12.8. The molecule has 0 aromatic carbocycles. The number of hydrogen-bond donors (Lipinski definition) is 1. The van der Waals surface area contributed by atoms with Gasteiger partial charge in [-0.25, -0.2) is 0 Å². The van der Waals surface area contributed by atoms with Crippen LogP contribution >= 0.6 is 0 Å². The third-order valence-corrected chi connectivity index (χ3v) is 5.50. The van der Waals surface area contributed by atoms with Crippen LogP contribution in [-0.4, -0.2) is 43.6 Å². The first-order chi connectivity index (χ1) is 13.2. The molecule has 0 unspecified atom stereocenters. The summed E-state index contributed by atoms with van der Waals surface area (Å²) in [6.07, 6.45) is 2.73. The monoisotopic (exact) mass is 361 g/mol. The fraction of sp³-hybridized carbons (Fsp3) is 0.300. The highest BCUT2D eigenvalue weighted by Gasteiger charge is 2.36. The van der Waals surface area contributed by atoms with Crippen molar-refractivity contribution in [3.8, 4) is 11.4 Å². The van der Waals surface area contributed by atoms with Crippen LogP contribution in [0.3, 0.4) is 0 Å². The Bertz CT molecular complexity index is 1060. The Morgan fingerprint density at radius 2 is 2.00 bits per heavy atom. The quantitative estimate of drug-likeness (QED) is 0.755. The second-order valence-corrected chi connectivity index (χ2v) is 7.29. The Morgan fingerprint density at radius 3 is 2.85 bits per heavy atom. The Labute approximate surface area is 155 Å². The summed E-state index contributed by atoms with van der Waals surface area (Å²) in [6.45, 7) is 1.96. The van der Waals surface area contributed by atoms with Crippen molar-refractivity contribution in [1.29, 1.82) is 0 Å². The number of H-pyrrole nitrogens is 1. The standard InChI is InChI=1S/C20H19N5O2/c26-19-6-3-5-18-14-8-13(11-25(18)19)10-24(12-14)20(27)17-9-16(22-23-17)15-4-1-2-7-21-15/h1-7,9,13-14H,8,10-12H2,(H,22,23)/t13-,14+/m1/s1. The van der Waals surface area contributed by atoms with Crippen LogP contribution in [0.25, 0.3) is 11.4 Å². The summed E-state index contributed by atoms with van der Waals surface area (Å²) in [5.41, 5.74) is 2.95. The number of likely N-dealkylation sites (tertiary alicyclic amines) is 1. The Morgan fingerprint density at radius 1 is 1.07 bits per heavy atom. The fourth-order valence-electron chi connectivity index (χ4n) is 4.31. The summed E-state index contributed by atoms with van der Waals surface area (Å²) in [5.74, 6) is 0.457. The van der Waals surface area contributed by atoms with Crippen molar-refractivity contribution in [1.82, 2.24) is 24.6 Å². The average Bonchev–Trinajstić information content (AvgIpc) is 3.19. The summed E-state index contributed by atoms with van der Waals surface area (Å²) in [4.78, 5) is 31.3. The minimum atomic E-state index is -0.0499. The van der Waals surface area contributed by atoms with E-state index in [4.69, 9.17) is 0 Å². The molecule has 136 valence electrons. The molecule has 0 spiro atoms. The molecular formula is C20H19N5O2. The van der Waals surface area contributed by atoms with Gasteiger partial charge < -0.3 is 9.47 Å². The molecule has 7 heteroatoms. The summed E-state index contributed by atoms with van der Waals surface area (Å²) in [5, 5.41) is 7.10. The van der Waals surface area contributed by atoms with Gasteiger partial charge in [-0.1, -0.05) is 12.1 Å². The van der Waals surface area contributed by atoms with Gasteiger partial charge in [-0.05, 0) is 36.6 Å². The number of fused-ring (bicyclic) bond motifs is 4. The predicted molar refractivity (Wildman–Crippen MR) is 99.3 cm³/mol. The molecular weight excluding hydrogens is 342 g/mol. The molecule has 2 aliphatic rings. The van der Waals surface area contributed by atoms with Gasteiger partial charge in [-0.3, -0.25) is 19.7 Å². The number of nitrogens with zero attached hydrogens (tertiary/aromatic N) is 4. The first-order valence-corrected chi connectivity index (χ1v) is 9.15. The highest BCUT2D eigenvalue weighted by atomic mass is 16.2. The Hall–Kier alpha value is -3.22. The van der Waals surface area contributed by atoms with Crippen LogP contribution < -0.4 is 5.56 Å². The topological polar surface area (TPSA) is 83.9 Å². The molecule has 0 radical (unpaired) electrons. The zero-order chi connectivity index (χ0) is 18.4. The van der Waals surface area contributed by atoms with Crippen molar-refractivity contribution in [3.63, 3.8) is 0 Å². The van der Waals surface area contributed by atoms with Gasteiger partial charge in [0.2, 0.25) is 0 Å². The number of rotatable bonds is 2. The summed E-state index contributed by atoms with van der Waals surface area (Å²) in [7, 11) is 0. The number of carbonyl (C=O) groups is 1. The van der Waals surface area contributed by atoms with Crippen LogP contribution in [0.4, 0.5) is 0 Å². The maximum atomic E-state index is 13.0. The number of pyridine rings is 2. The predicted octanol–water partition coefficient (Wildman–Crippen LogP) is 1.89. The van der Waals surface area contributed by atoms with Crippen LogP contribution in [-0.2, 0) is 6.54 Å². The van der Waals surface area contributed by atoms with Crippen LogP contribution in [0.2, 0.25) is 0 Å². The maximum Gasteiger partial charge on any atom is 0.271 e. The molecule has 1 fully saturated rings.